The maximum absolute atomic E-state index is 11.7. The SMILES string of the molecule is CC(C)COC(=O)c1ccn(-c2ccccc2N)n1. The van der Waals surface area contributed by atoms with Gasteiger partial charge in [-0.25, -0.2) is 9.48 Å². The van der Waals surface area contributed by atoms with Gasteiger partial charge in [-0.05, 0) is 24.1 Å². The number of rotatable bonds is 4. The van der Waals surface area contributed by atoms with Crippen LogP contribution in [0, 0.1) is 5.92 Å². The summed E-state index contributed by atoms with van der Waals surface area (Å²) in [5, 5.41) is 4.18. The number of nitrogen functional groups attached to an aromatic ring is 1. The maximum Gasteiger partial charge on any atom is 0.358 e. The molecule has 0 atom stereocenters. The molecule has 1 aromatic heterocycles. The fourth-order valence-electron chi connectivity index (χ4n) is 1.58. The smallest absolute Gasteiger partial charge is 0.358 e. The number of nitrogens with two attached hydrogens (primary N) is 1. The number of carbonyl (C=O) groups excluding carboxylic acids is 1. The topological polar surface area (TPSA) is 70.1 Å². The minimum Gasteiger partial charge on any atom is -0.461 e. The summed E-state index contributed by atoms with van der Waals surface area (Å²) in [5.41, 5.74) is 7.49. The molecule has 0 bridgehead atoms. The van der Waals surface area contributed by atoms with Crippen molar-refractivity contribution >= 4 is 11.7 Å². The lowest BCUT2D eigenvalue weighted by Gasteiger charge is -2.06. The average Bonchev–Trinajstić information content (AvgIpc) is 2.86. The third-order valence-corrected chi connectivity index (χ3v) is 2.53. The van der Waals surface area contributed by atoms with Crippen molar-refractivity contribution in [1.82, 2.24) is 9.78 Å². The van der Waals surface area contributed by atoms with Crippen molar-refractivity contribution in [1.29, 1.82) is 0 Å². The molecule has 0 saturated carbocycles. The van der Waals surface area contributed by atoms with Crippen molar-refractivity contribution in [3.05, 3.63) is 42.2 Å². The minimum atomic E-state index is -0.415. The van der Waals surface area contributed by atoms with E-state index >= 15 is 0 Å². The first-order chi connectivity index (χ1) is 9.08. The van der Waals surface area contributed by atoms with Gasteiger partial charge in [0, 0.05) is 6.20 Å². The van der Waals surface area contributed by atoms with E-state index in [-0.39, 0.29) is 5.69 Å². The zero-order valence-corrected chi connectivity index (χ0v) is 11.0. The van der Waals surface area contributed by atoms with Crippen molar-refractivity contribution in [2.75, 3.05) is 12.3 Å². The van der Waals surface area contributed by atoms with Gasteiger partial charge in [0.25, 0.3) is 0 Å². The van der Waals surface area contributed by atoms with Gasteiger partial charge in [-0.3, -0.25) is 0 Å². The first kappa shape index (κ1) is 13.1. The molecular formula is C14H17N3O2. The number of ether oxygens (including phenoxy) is 1. The Kier molecular flexibility index (Phi) is 3.85. The van der Waals surface area contributed by atoms with E-state index < -0.39 is 5.97 Å². The Morgan fingerprint density at radius 1 is 1.37 bits per heavy atom. The highest BCUT2D eigenvalue weighted by Crippen LogP contribution is 2.15. The third kappa shape index (κ3) is 3.13. The summed E-state index contributed by atoms with van der Waals surface area (Å²) in [4.78, 5) is 11.7. The molecule has 0 radical (unpaired) electrons. The highest BCUT2D eigenvalue weighted by atomic mass is 16.5. The van der Waals surface area contributed by atoms with Gasteiger partial charge in [0.1, 0.15) is 0 Å². The predicted octanol–water partition coefficient (Wildman–Crippen LogP) is 2.27. The van der Waals surface area contributed by atoms with Crippen molar-refractivity contribution in [3.63, 3.8) is 0 Å². The molecule has 100 valence electrons. The number of esters is 1. The van der Waals surface area contributed by atoms with Crippen LogP contribution in [0.4, 0.5) is 5.69 Å². The van der Waals surface area contributed by atoms with Crippen LogP contribution in [-0.2, 0) is 4.74 Å². The van der Waals surface area contributed by atoms with Crippen LogP contribution in [0.25, 0.3) is 5.69 Å². The molecule has 1 heterocycles. The Bertz CT molecular complexity index is 576. The number of carbonyl (C=O) groups is 1. The largest absolute Gasteiger partial charge is 0.461 e. The van der Waals surface area contributed by atoms with Crippen molar-refractivity contribution in [2.24, 2.45) is 5.92 Å². The van der Waals surface area contributed by atoms with Crippen LogP contribution in [0.2, 0.25) is 0 Å². The van der Waals surface area contributed by atoms with Crippen LogP contribution in [0.1, 0.15) is 24.3 Å². The molecule has 5 nitrogen and oxygen atoms in total. The molecule has 0 spiro atoms. The normalized spacial score (nSPS) is 10.7. The number of benzene rings is 1. The van der Waals surface area contributed by atoms with E-state index in [0.717, 1.165) is 5.69 Å². The first-order valence-corrected chi connectivity index (χ1v) is 6.15. The van der Waals surface area contributed by atoms with Crippen molar-refractivity contribution in [2.45, 2.75) is 13.8 Å². The van der Waals surface area contributed by atoms with Crippen molar-refractivity contribution < 1.29 is 9.53 Å². The molecule has 5 heteroatoms. The van der Waals surface area contributed by atoms with Crippen molar-refractivity contribution in [3.8, 4) is 5.69 Å². The lowest BCUT2D eigenvalue weighted by Crippen LogP contribution is -2.11. The third-order valence-electron chi connectivity index (χ3n) is 2.53. The lowest BCUT2D eigenvalue weighted by molar-refractivity contribution is 0.0451. The van der Waals surface area contributed by atoms with Gasteiger partial charge in [-0.15, -0.1) is 0 Å². The second-order valence-corrected chi connectivity index (χ2v) is 4.70. The number of para-hydroxylation sites is 2. The fraction of sp³-hybridized carbons (Fsp3) is 0.286. The van der Waals surface area contributed by atoms with E-state index in [2.05, 4.69) is 5.10 Å². The second kappa shape index (κ2) is 5.56. The van der Waals surface area contributed by atoms with E-state index in [1.165, 1.54) is 0 Å². The Balaban J connectivity index is 2.15. The van der Waals surface area contributed by atoms with Crippen LogP contribution in [0.5, 0.6) is 0 Å². The van der Waals surface area contributed by atoms with Crippen LogP contribution >= 0.6 is 0 Å². The molecule has 0 unspecified atom stereocenters. The number of hydrogen-bond acceptors (Lipinski definition) is 4. The lowest BCUT2D eigenvalue weighted by atomic mass is 10.2. The maximum atomic E-state index is 11.7. The summed E-state index contributed by atoms with van der Waals surface area (Å²) in [6.45, 7) is 4.35. The zero-order chi connectivity index (χ0) is 13.8. The van der Waals surface area contributed by atoms with Crippen LogP contribution in [0.15, 0.2) is 36.5 Å². The molecule has 0 aliphatic heterocycles. The molecule has 2 rings (SSSR count). The summed E-state index contributed by atoms with van der Waals surface area (Å²) in [5.74, 6) is -0.113. The quantitative estimate of drug-likeness (QED) is 0.675. The van der Waals surface area contributed by atoms with Gasteiger partial charge in [0.15, 0.2) is 5.69 Å². The molecule has 19 heavy (non-hydrogen) atoms. The summed E-state index contributed by atoms with van der Waals surface area (Å²) in [7, 11) is 0. The van der Waals surface area contributed by atoms with E-state index in [1.54, 1.807) is 23.0 Å². The summed E-state index contributed by atoms with van der Waals surface area (Å²) in [6, 6.07) is 8.96. The van der Waals surface area contributed by atoms with Gasteiger partial charge in [0.2, 0.25) is 0 Å². The highest BCUT2D eigenvalue weighted by Gasteiger charge is 2.13. The summed E-state index contributed by atoms with van der Waals surface area (Å²) in [6.07, 6.45) is 1.69. The second-order valence-electron chi connectivity index (χ2n) is 4.70. The molecule has 0 saturated heterocycles. The van der Waals surface area contributed by atoms with Gasteiger partial charge in [-0.2, -0.15) is 5.10 Å². The van der Waals surface area contributed by atoms with E-state index in [0.29, 0.717) is 18.2 Å². The Hall–Kier alpha value is -2.30. The number of hydrogen-bond donors (Lipinski definition) is 1. The molecule has 2 N–H and O–H groups in total. The summed E-state index contributed by atoms with van der Waals surface area (Å²) < 4.78 is 6.69. The van der Waals surface area contributed by atoms with E-state index in [1.807, 2.05) is 32.0 Å². The number of nitrogens with zero attached hydrogens (tertiary/aromatic N) is 2. The molecule has 2 aromatic rings. The van der Waals surface area contributed by atoms with Gasteiger partial charge < -0.3 is 10.5 Å². The van der Waals surface area contributed by atoms with Crippen LogP contribution < -0.4 is 5.73 Å². The fourth-order valence-corrected chi connectivity index (χ4v) is 1.58. The molecule has 0 amide bonds. The highest BCUT2D eigenvalue weighted by molar-refractivity contribution is 5.87. The molecule has 0 fully saturated rings. The Labute approximate surface area is 112 Å². The van der Waals surface area contributed by atoms with Crippen LogP contribution in [0.3, 0.4) is 0 Å². The monoisotopic (exact) mass is 259 g/mol. The summed E-state index contributed by atoms with van der Waals surface area (Å²) >= 11 is 0. The Morgan fingerprint density at radius 2 is 2.11 bits per heavy atom. The first-order valence-electron chi connectivity index (χ1n) is 6.15. The van der Waals surface area contributed by atoms with Gasteiger partial charge in [-0.1, -0.05) is 26.0 Å². The molecule has 1 aromatic carbocycles. The molecular weight excluding hydrogens is 242 g/mol. The van der Waals surface area contributed by atoms with Gasteiger partial charge >= 0.3 is 5.97 Å². The Morgan fingerprint density at radius 3 is 2.79 bits per heavy atom. The number of aromatic nitrogens is 2. The van der Waals surface area contributed by atoms with E-state index in [9.17, 15) is 4.79 Å². The molecule has 0 aliphatic carbocycles. The van der Waals surface area contributed by atoms with E-state index in [4.69, 9.17) is 10.5 Å². The van der Waals surface area contributed by atoms with Crippen LogP contribution in [-0.4, -0.2) is 22.4 Å². The average molecular weight is 259 g/mol. The number of anilines is 1. The minimum absolute atomic E-state index is 0.281. The predicted molar refractivity (Wildman–Crippen MR) is 73.1 cm³/mol. The van der Waals surface area contributed by atoms with Gasteiger partial charge in [0.05, 0.1) is 18.0 Å². The zero-order valence-electron chi connectivity index (χ0n) is 11.0. The standard InChI is InChI=1S/C14H17N3O2/c1-10(2)9-19-14(18)12-7-8-17(16-12)13-6-4-3-5-11(13)15/h3-8,10H,9,15H2,1-2H3. The molecule has 0 aliphatic rings.